The number of sulfonamides is 1. The van der Waals surface area contributed by atoms with Crippen LogP contribution in [0.25, 0.3) is 0 Å². The van der Waals surface area contributed by atoms with Gasteiger partial charge in [-0.1, -0.05) is 0 Å². The molecule has 4 N–H and O–H groups in total. The number of nitrogen functional groups attached to an aromatic ring is 1. The predicted molar refractivity (Wildman–Crippen MR) is 76.7 cm³/mol. The van der Waals surface area contributed by atoms with Crippen LogP contribution in [0, 0.1) is 0 Å². The van der Waals surface area contributed by atoms with Gasteiger partial charge in [0, 0.05) is 26.2 Å². The lowest BCUT2D eigenvalue weighted by Crippen LogP contribution is -2.36. The monoisotopic (exact) mass is 316 g/mol. The summed E-state index contributed by atoms with van der Waals surface area (Å²) in [6.07, 6.45) is 3.21. The van der Waals surface area contributed by atoms with Crippen molar-refractivity contribution in [3.63, 3.8) is 0 Å². The Bertz CT molecular complexity index is 550. The minimum atomic E-state index is -3.60. The maximum atomic E-state index is 12.5. The van der Waals surface area contributed by atoms with E-state index in [1.54, 1.807) is 0 Å². The molecular weight excluding hydrogens is 296 g/mol. The van der Waals surface area contributed by atoms with Gasteiger partial charge < -0.3 is 5.11 Å². The molecule has 1 aromatic rings. The number of rotatable bonds is 5. The molecule has 9 nitrogen and oxygen atoms in total. The van der Waals surface area contributed by atoms with Gasteiger partial charge in [0.15, 0.2) is 0 Å². The number of hydrogen-bond acceptors (Lipinski definition) is 8. The Morgan fingerprint density at radius 3 is 2.57 bits per heavy atom. The first-order chi connectivity index (χ1) is 10.1. The van der Waals surface area contributed by atoms with Gasteiger partial charge in [-0.3, -0.25) is 10.3 Å². The number of β-amino-alcohol motifs (C(OH)–C–C–N with tert-alkyl or cyclic N) is 1. The van der Waals surface area contributed by atoms with Gasteiger partial charge in [0.2, 0.25) is 16.0 Å². The van der Waals surface area contributed by atoms with Crippen molar-refractivity contribution in [1.29, 1.82) is 0 Å². The van der Waals surface area contributed by atoms with Crippen LogP contribution in [-0.4, -0.2) is 72.0 Å². The average Bonchev–Trinajstić information content (AvgIpc) is 2.74. The second-order valence-electron chi connectivity index (χ2n) is 4.71. The molecule has 0 spiro atoms. The Hall–Kier alpha value is -1.33. The third kappa shape index (κ3) is 3.86. The molecule has 0 amide bonds. The number of aliphatic hydroxyl groups is 1. The maximum absolute atomic E-state index is 12.5. The van der Waals surface area contributed by atoms with Crippen LogP contribution in [0.4, 0.5) is 5.95 Å². The Balaban J connectivity index is 2.11. The number of anilines is 1. The fourth-order valence-corrected chi connectivity index (χ4v) is 3.59. The minimum Gasteiger partial charge on any atom is -0.395 e. The first-order valence-electron chi connectivity index (χ1n) is 6.70. The number of aromatic nitrogens is 2. The van der Waals surface area contributed by atoms with Gasteiger partial charge in [0.05, 0.1) is 19.0 Å². The molecule has 1 aliphatic heterocycles. The summed E-state index contributed by atoms with van der Waals surface area (Å²) < 4.78 is 26.5. The van der Waals surface area contributed by atoms with Crippen molar-refractivity contribution in [3.8, 4) is 0 Å². The first-order valence-corrected chi connectivity index (χ1v) is 8.14. The van der Waals surface area contributed by atoms with E-state index in [-0.39, 0.29) is 17.5 Å². The molecule has 0 aromatic carbocycles. The number of nitrogens with one attached hydrogen (secondary N) is 1. The topological polar surface area (TPSA) is 125 Å². The molecule has 10 heteroatoms. The van der Waals surface area contributed by atoms with E-state index < -0.39 is 10.0 Å². The quantitative estimate of drug-likeness (QED) is 0.440. The third-order valence-electron chi connectivity index (χ3n) is 3.36. The van der Waals surface area contributed by atoms with Crippen molar-refractivity contribution in [1.82, 2.24) is 19.2 Å². The smallest absolute Gasteiger partial charge is 0.246 e. The highest BCUT2D eigenvalue weighted by atomic mass is 32.2. The molecule has 118 valence electrons. The summed E-state index contributed by atoms with van der Waals surface area (Å²) in [5.41, 5.74) is 2.25. The second kappa shape index (κ2) is 7.09. The molecule has 0 bridgehead atoms. The van der Waals surface area contributed by atoms with Gasteiger partial charge in [-0.25, -0.2) is 24.2 Å². The van der Waals surface area contributed by atoms with E-state index in [1.807, 2.05) is 4.90 Å². The molecule has 1 fully saturated rings. The van der Waals surface area contributed by atoms with Crippen molar-refractivity contribution in [2.45, 2.75) is 11.3 Å². The molecule has 0 aliphatic carbocycles. The Kier molecular flexibility index (Phi) is 5.42. The van der Waals surface area contributed by atoms with Crippen molar-refractivity contribution >= 4 is 16.0 Å². The van der Waals surface area contributed by atoms with E-state index in [4.69, 9.17) is 10.9 Å². The maximum Gasteiger partial charge on any atom is 0.246 e. The van der Waals surface area contributed by atoms with E-state index in [9.17, 15) is 8.42 Å². The summed E-state index contributed by atoms with van der Waals surface area (Å²) in [5, 5.41) is 8.96. The molecule has 2 rings (SSSR count). The van der Waals surface area contributed by atoms with Gasteiger partial charge in [0.25, 0.3) is 0 Å². The number of hydrazine groups is 1. The van der Waals surface area contributed by atoms with Crippen LogP contribution in [0.1, 0.15) is 6.42 Å². The normalized spacial score (nSPS) is 18.4. The highest BCUT2D eigenvalue weighted by molar-refractivity contribution is 7.89. The number of aliphatic hydroxyl groups excluding tert-OH is 1. The standard InChI is InChI=1S/C11H20N6O3S/c12-15-11-13-8-10(9-14-11)21(19,20)17-3-1-2-16(4-5-17)6-7-18/h8-9,18H,1-7,12H2,(H,13,14,15). The molecule has 2 heterocycles. The van der Waals surface area contributed by atoms with Gasteiger partial charge in [-0.15, -0.1) is 0 Å². The zero-order chi connectivity index (χ0) is 15.3. The van der Waals surface area contributed by atoms with E-state index in [0.717, 1.165) is 13.0 Å². The van der Waals surface area contributed by atoms with Crippen LogP contribution >= 0.6 is 0 Å². The lowest BCUT2D eigenvalue weighted by atomic mass is 10.4. The third-order valence-corrected chi connectivity index (χ3v) is 5.21. The highest BCUT2D eigenvalue weighted by Crippen LogP contribution is 2.16. The van der Waals surface area contributed by atoms with Crippen molar-refractivity contribution in [2.75, 3.05) is 44.8 Å². The predicted octanol–water partition coefficient (Wildman–Crippen LogP) is -1.55. The average molecular weight is 316 g/mol. The zero-order valence-corrected chi connectivity index (χ0v) is 12.5. The molecule has 21 heavy (non-hydrogen) atoms. The van der Waals surface area contributed by atoms with Crippen LogP contribution in [-0.2, 0) is 10.0 Å². The second-order valence-corrected chi connectivity index (χ2v) is 6.65. The van der Waals surface area contributed by atoms with Gasteiger partial charge in [-0.05, 0) is 13.0 Å². The van der Waals surface area contributed by atoms with Crippen LogP contribution in [0.15, 0.2) is 17.3 Å². The van der Waals surface area contributed by atoms with Gasteiger partial charge >= 0.3 is 0 Å². The number of nitrogens with two attached hydrogens (primary N) is 1. The summed E-state index contributed by atoms with van der Waals surface area (Å²) in [4.78, 5) is 9.76. The molecule has 1 aromatic heterocycles. The fraction of sp³-hybridized carbons (Fsp3) is 0.636. The molecule has 0 radical (unpaired) electrons. The molecule has 0 atom stereocenters. The van der Waals surface area contributed by atoms with E-state index in [1.165, 1.54) is 16.7 Å². The van der Waals surface area contributed by atoms with Crippen LogP contribution in [0.2, 0.25) is 0 Å². The first kappa shape index (κ1) is 16.0. The fourth-order valence-electron chi connectivity index (χ4n) is 2.23. The summed E-state index contributed by atoms with van der Waals surface area (Å²) in [6, 6.07) is 0. The number of hydrogen-bond donors (Lipinski definition) is 3. The largest absolute Gasteiger partial charge is 0.395 e. The molecular formula is C11H20N6O3S. The summed E-state index contributed by atoms with van der Waals surface area (Å²) in [6.45, 7) is 2.85. The highest BCUT2D eigenvalue weighted by Gasteiger charge is 2.27. The summed E-state index contributed by atoms with van der Waals surface area (Å²) in [7, 11) is -3.60. The van der Waals surface area contributed by atoms with Crippen molar-refractivity contribution in [3.05, 3.63) is 12.4 Å². The Morgan fingerprint density at radius 1 is 1.24 bits per heavy atom. The van der Waals surface area contributed by atoms with Crippen LogP contribution < -0.4 is 11.3 Å². The molecule has 1 saturated heterocycles. The molecule has 0 unspecified atom stereocenters. The lowest BCUT2D eigenvalue weighted by Gasteiger charge is -2.20. The van der Waals surface area contributed by atoms with Crippen LogP contribution in [0.3, 0.4) is 0 Å². The SMILES string of the molecule is NNc1ncc(S(=O)(=O)N2CCCN(CCO)CC2)cn1. The van der Waals surface area contributed by atoms with Crippen LogP contribution in [0.5, 0.6) is 0 Å². The number of nitrogens with zero attached hydrogens (tertiary/aromatic N) is 4. The lowest BCUT2D eigenvalue weighted by molar-refractivity contribution is 0.202. The zero-order valence-electron chi connectivity index (χ0n) is 11.6. The molecule has 1 aliphatic rings. The van der Waals surface area contributed by atoms with E-state index in [2.05, 4.69) is 15.4 Å². The van der Waals surface area contributed by atoms with Gasteiger partial charge in [0.1, 0.15) is 4.90 Å². The summed E-state index contributed by atoms with van der Waals surface area (Å²) >= 11 is 0. The van der Waals surface area contributed by atoms with E-state index in [0.29, 0.717) is 26.2 Å². The van der Waals surface area contributed by atoms with Crippen molar-refractivity contribution in [2.24, 2.45) is 5.84 Å². The summed E-state index contributed by atoms with van der Waals surface area (Å²) in [5.74, 6) is 5.32. The van der Waals surface area contributed by atoms with Gasteiger partial charge in [-0.2, -0.15) is 4.31 Å². The molecule has 0 saturated carbocycles. The Morgan fingerprint density at radius 2 is 1.95 bits per heavy atom. The minimum absolute atomic E-state index is 0.0529. The van der Waals surface area contributed by atoms with Crippen molar-refractivity contribution < 1.29 is 13.5 Å². The Labute approximate surface area is 123 Å². The van der Waals surface area contributed by atoms with E-state index >= 15 is 0 Å².